The fraction of sp³-hybridized carbons (Fsp3) is 0.400. The summed E-state index contributed by atoms with van der Waals surface area (Å²) in [6.07, 6.45) is 6.42. The van der Waals surface area contributed by atoms with Crippen LogP contribution in [-0.2, 0) is 23.0 Å². The number of likely N-dealkylation sites (tertiary alicyclic amines) is 1. The highest BCUT2D eigenvalue weighted by molar-refractivity contribution is 7.92. The normalized spacial score (nSPS) is 18.7. The van der Waals surface area contributed by atoms with Crippen LogP contribution >= 0.6 is 0 Å². The minimum absolute atomic E-state index is 0.0437. The van der Waals surface area contributed by atoms with Crippen molar-refractivity contribution >= 4 is 21.6 Å². The number of piperidine rings is 1. The highest BCUT2D eigenvalue weighted by Crippen LogP contribution is 2.29. The van der Waals surface area contributed by atoms with Crippen LogP contribution in [0.2, 0.25) is 0 Å². The molecule has 178 valence electrons. The third-order valence-electron chi connectivity index (χ3n) is 6.65. The molecule has 1 saturated heterocycles. The molecule has 3 aromatic rings. The summed E-state index contributed by atoms with van der Waals surface area (Å²) >= 11 is 0. The molecular weight excluding hydrogens is 450 g/mol. The van der Waals surface area contributed by atoms with E-state index in [4.69, 9.17) is 0 Å². The molecule has 1 fully saturated rings. The number of hydrogen-bond acceptors (Lipinski definition) is 5. The number of aryl methyl sites for hydroxylation is 1. The van der Waals surface area contributed by atoms with Gasteiger partial charge >= 0.3 is 0 Å². The predicted octanol–water partition coefficient (Wildman–Crippen LogP) is 3.83. The molecule has 0 bridgehead atoms. The van der Waals surface area contributed by atoms with Crippen LogP contribution in [0.3, 0.4) is 0 Å². The molecule has 1 aromatic heterocycles. The highest BCUT2D eigenvalue weighted by Gasteiger charge is 2.30. The number of amides is 1. The number of carbonyl (C=O) groups excluding carboxylic acids is 1. The SMILES string of the molecule is O=C(c1ccc(NS(=O)(=O)c2ccccc2)cc1)N1CCCC(c2nnc3n2CCCCC3)C1. The Kier molecular flexibility index (Phi) is 6.36. The van der Waals surface area contributed by atoms with E-state index >= 15 is 0 Å². The van der Waals surface area contributed by atoms with Crippen LogP contribution in [0, 0.1) is 0 Å². The van der Waals surface area contributed by atoms with Crippen molar-refractivity contribution in [2.75, 3.05) is 17.8 Å². The number of benzene rings is 2. The van der Waals surface area contributed by atoms with Crippen LogP contribution in [0.1, 0.15) is 60.0 Å². The van der Waals surface area contributed by atoms with Gasteiger partial charge in [0.1, 0.15) is 11.6 Å². The second-order valence-corrected chi connectivity index (χ2v) is 10.7. The number of fused-ring (bicyclic) bond motifs is 1. The molecule has 0 aliphatic carbocycles. The maximum Gasteiger partial charge on any atom is 0.261 e. The van der Waals surface area contributed by atoms with Gasteiger partial charge in [-0.25, -0.2) is 8.42 Å². The van der Waals surface area contributed by atoms with Crippen molar-refractivity contribution in [3.8, 4) is 0 Å². The molecule has 5 rings (SSSR count). The molecule has 8 nitrogen and oxygen atoms in total. The van der Waals surface area contributed by atoms with Gasteiger partial charge in [0.15, 0.2) is 0 Å². The van der Waals surface area contributed by atoms with Gasteiger partial charge < -0.3 is 9.47 Å². The lowest BCUT2D eigenvalue weighted by molar-refractivity contribution is 0.0703. The first-order chi connectivity index (χ1) is 16.5. The Labute approximate surface area is 200 Å². The maximum absolute atomic E-state index is 13.2. The van der Waals surface area contributed by atoms with E-state index in [9.17, 15) is 13.2 Å². The lowest BCUT2D eigenvalue weighted by atomic mass is 9.96. The average Bonchev–Trinajstić information content (AvgIpc) is 3.12. The Balaban J connectivity index is 1.27. The van der Waals surface area contributed by atoms with E-state index in [1.165, 1.54) is 6.42 Å². The fourth-order valence-electron chi connectivity index (χ4n) is 4.86. The van der Waals surface area contributed by atoms with E-state index in [0.717, 1.165) is 50.3 Å². The molecule has 2 aliphatic rings. The zero-order valence-electron chi connectivity index (χ0n) is 19.1. The summed E-state index contributed by atoms with van der Waals surface area (Å²) in [7, 11) is -3.67. The molecule has 1 unspecified atom stereocenters. The summed E-state index contributed by atoms with van der Waals surface area (Å²) in [5.74, 6) is 2.23. The zero-order valence-corrected chi connectivity index (χ0v) is 19.9. The van der Waals surface area contributed by atoms with E-state index < -0.39 is 10.0 Å². The number of rotatable bonds is 5. The number of nitrogens with zero attached hydrogens (tertiary/aromatic N) is 4. The largest absolute Gasteiger partial charge is 0.338 e. The number of hydrogen-bond donors (Lipinski definition) is 1. The molecule has 0 radical (unpaired) electrons. The van der Waals surface area contributed by atoms with E-state index in [0.29, 0.717) is 24.3 Å². The van der Waals surface area contributed by atoms with E-state index in [1.807, 2.05) is 4.90 Å². The molecule has 1 amide bonds. The van der Waals surface area contributed by atoms with Crippen molar-refractivity contribution in [2.24, 2.45) is 0 Å². The van der Waals surface area contributed by atoms with Crippen LogP contribution < -0.4 is 4.72 Å². The summed E-state index contributed by atoms with van der Waals surface area (Å²) in [6, 6.07) is 14.8. The van der Waals surface area contributed by atoms with Crippen LogP contribution in [0.4, 0.5) is 5.69 Å². The zero-order chi connectivity index (χ0) is 23.5. The van der Waals surface area contributed by atoms with Gasteiger partial charge in [-0.1, -0.05) is 24.6 Å². The molecule has 2 aliphatic heterocycles. The van der Waals surface area contributed by atoms with Gasteiger partial charge in [0.2, 0.25) is 0 Å². The van der Waals surface area contributed by atoms with Gasteiger partial charge in [-0.05, 0) is 62.1 Å². The van der Waals surface area contributed by atoms with Gasteiger partial charge in [-0.3, -0.25) is 9.52 Å². The molecule has 0 spiro atoms. The summed E-state index contributed by atoms with van der Waals surface area (Å²) in [5.41, 5.74) is 0.964. The Morgan fingerprint density at radius 2 is 1.71 bits per heavy atom. The van der Waals surface area contributed by atoms with Crippen LogP contribution in [0.5, 0.6) is 0 Å². The first-order valence-electron chi connectivity index (χ1n) is 11.9. The first-order valence-corrected chi connectivity index (χ1v) is 13.4. The average molecular weight is 480 g/mol. The van der Waals surface area contributed by atoms with Crippen LogP contribution in [-0.4, -0.2) is 47.1 Å². The quantitative estimate of drug-likeness (QED) is 0.600. The van der Waals surface area contributed by atoms with Gasteiger partial charge in [0, 0.05) is 43.2 Å². The molecule has 34 heavy (non-hydrogen) atoms. The summed E-state index contributed by atoms with van der Waals surface area (Å²) in [4.78, 5) is 15.3. The second kappa shape index (κ2) is 9.58. The maximum atomic E-state index is 13.2. The summed E-state index contributed by atoms with van der Waals surface area (Å²) < 4.78 is 29.9. The lowest BCUT2D eigenvalue weighted by Gasteiger charge is -2.32. The Hall–Kier alpha value is -3.20. The number of nitrogens with one attached hydrogen (secondary N) is 1. The molecule has 1 atom stereocenters. The van der Waals surface area contributed by atoms with Gasteiger partial charge in [-0.2, -0.15) is 0 Å². The number of anilines is 1. The van der Waals surface area contributed by atoms with Crippen LogP contribution in [0.25, 0.3) is 0 Å². The minimum atomic E-state index is -3.67. The summed E-state index contributed by atoms with van der Waals surface area (Å²) in [6.45, 7) is 2.29. The topological polar surface area (TPSA) is 97.2 Å². The number of carbonyl (C=O) groups is 1. The van der Waals surface area contributed by atoms with E-state index in [2.05, 4.69) is 19.5 Å². The molecular formula is C25H29N5O3S. The Morgan fingerprint density at radius 1 is 0.912 bits per heavy atom. The van der Waals surface area contributed by atoms with E-state index in [-0.39, 0.29) is 16.7 Å². The molecule has 2 aromatic carbocycles. The van der Waals surface area contributed by atoms with Crippen molar-refractivity contribution in [3.05, 3.63) is 71.8 Å². The monoisotopic (exact) mass is 479 g/mol. The smallest absolute Gasteiger partial charge is 0.261 e. The minimum Gasteiger partial charge on any atom is -0.338 e. The third kappa shape index (κ3) is 4.70. The van der Waals surface area contributed by atoms with Crippen molar-refractivity contribution in [3.63, 3.8) is 0 Å². The molecule has 9 heteroatoms. The number of sulfonamides is 1. The molecule has 0 saturated carbocycles. The van der Waals surface area contributed by atoms with Gasteiger partial charge in [0.05, 0.1) is 4.90 Å². The number of aromatic nitrogens is 3. The highest BCUT2D eigenvalue weighted by atomic mass is 32.2. The second-order valence-electron chi connectivity index (χ2n) is 9.02. The standard InChI is InChI=1S/C25H29N5O3S/c31-25(19-12-14-21(15-13-19)28-34(32,33)22-9-3-1-4-10-22)29-16-7-8-20(18-29)24-27-26-23-11-5-2-6-17-30(23)24/h1,3-4,9-10,12-15,20,28H,2,5-8,11,16-18H2. The van der Waals surface area contributed by atoms with Crippen molar-refractivity contribution < 1.29 is 13.2 Å². The van der Waals surface area contributed by atoms with Crippen molar-refractivity contribution in [1.29, 1.82) is 0 Å². The van der Waals surface area contributed by atoms with Crippen molar-refractivity contribution in [2.45, 2.75) is 55.9 Å². The molecule has 3 heterocycles. The van der Waals surface area contributed by atoms with Gasteiger partial charge in [0.25, 0.3) is 15.9 Å². The van der Waals surface area contributed by atoms with E-state index in [1.54, 1.807) is 54.6 Å². The summed E-state index contributed by atoms with van der Waals surface area (Å²) in [5, 5.41) is 8.94. The fourth-order valence-corrected chi connectivity index (χ4v) is 5.94. The lowest BCUT2D eigenvalue weighted by Crippen LogP contribution is -2.39. The van der Waals surface area contributed by atoms with Gasteiger partial charge in [-0.15, -0.1) is 10.2 Å². The Bertz CT molecular complexity index is 1260. The van der Waals surface area contributed by atoms with Crippen LogP contribution in [0.15, 0.2) is 59.5 Å². The van der Waals surface area contributed by atoms with Crippen molar-refractivity contribution in [1.82, 2.24) is 19.7 Å². The molecule has 1 N–H and O–H groups in total. The first kappa shape index (κ1) is 22.6. The Morgan fingerprint density at radius 3 is 2.50 bits per heavy atom. The predicted molar refractivity (Wildman–Crippen MR) is 129 cm³/mol. The third-order valence-corrected chi connectivity index (χ3v) is 8.05.